The van der Waals surface area contributed by atoms with E-state index in [0.717, 1.165) is 23.9 Å². The second-order valence-corrected chi connectivity index (χ2v) is 11.7. The fraction of sp³-hybridized carbons (Fsp3) is 0.963. The van der Waals surface area contributed by atoms with E-state index in [2.05, 4.69) is 28.1 Å². The van der Waals surface area contributed by atoms with Crippen molar-refractivity contribution in [2.75, 3.05) is 47.5 Å². The van der Waals surface area contributed by atoms with E-state index in [-0.39, 0.29) is 12.7 Å². The first kappa shape index (κ1) is 34.7. The lowest BCUT2D eigenvalue weighted by atomic mass is 10.0. The molecule has 7 nitrogen and oxygen atoms in total. The number of nitrogens with zero attached hydrogens (tertiary/aromatic N) is 1. The fourth-order valence-corrected chi connectivity index (χ4v) is 4.31. The van der Waals surface area contributed by atoms with Gasteiger partial charge in [-0.2, -0.15) is 0 Å². The van der Waals surface area contributed by atoms with Gasteiger partial charge in [-0.25, -0.2) is 0 Å². The van der Waals surface area contributed by atoms with Crippen LogP contribution in [-0.4, -0.2) is 75.1 Å². The second kappa shape index (κ2) is 22.9. The van der Waals surface area contributed by atoms with Crippen LogP contribution in [0.25, 0.3) is 0 Å². The summed E-state index contributed by atoms with van der Waals surface area (Å²) in [6.07, 6.45) is 17.6. The number of ether oxygens (including phenoxy) is 2. The molecule has 210 valence electrons. The van der Waals surface area contributed by atoms with Crippen LogP contribution < -0.4 is 0 Å². The standard InChI is InChI=1S/C27H57NO6P/c1-7-8-9-10-11-12-13-14-15-16-17-18-19-20-22-31-25(2)27(34-26(3)29)24-33-35(30)32-23-21-28(4,5)6/h25,27,30H,7-24H2,1-6H3/q+1. The monoisotopic (exact) mass is 522 g/mol. The van der Waals surface area contributed by atoms with Crippen LogP contribution in [-0.2, 0) is 23.3 Å². The number of likely N-dealkylation sites (N-methyl/N-ethyl adjacent to an activating group) is 1. The number of hydrogen-bond donors (Lipinski definition) is 1. The minimum Gasteiger partial charge on any atom is -0.457 e. The van der Waals surface area contributed by atoms with Crippen LogP contribution in [0.1, 0.15) is 111 Å². The summed E-state index contributed by atoms with van der Waals surface area (Å²) in [6.45, 7) is 7.34. The van der Waals surface area contributed by atoms with E-state index in [4.69, 9.17) is 18.5 Å². The normalized spacial score (nSPS) is 14.6. The molecule has 0 saturated heterocycles. The molecule has 0 amide bonds. The Balaban J connectivity index is 3.80. The molecule has 0 aliphatic carbocycles. The van der Waals surface area contributed by atoms with Gasteiger partial charge in [-0.05, 0) is 13.3 Å². The molecular weight excluding hydrogens is 465 g/mol. The maximum atomic E-state index is 11.5. The van der Waals surface area contributed by atoms with Crippen molar-refractivity contribution in [3.8, 4) is 0 Å². The van der Waals surface area contributed by atoms with Crippen molar-refractivity contribution in [2.24, 2.45) is 0 Å². The summed E-state index contributed by atoms with van der Waals surface area (Å²) in [4.78, 5) is 21.4. The molecule has 0 aliphatic heterocycles. The fourth-order valence-electron chi connectivity index (χ4n) is 3.72. The number of unbranched alkanes of at least 4 members (excludes halogenated alkanes) is 13. The average molecular weight is 523 g/mol. The molecule has 3 atom stereocenters. The summed E-state index contributed by atoms with van der Waals surface area (Å²) in [5.74, 6) is -0.390. The highest BCUT2D eigenvalue weighted by atomic mass is 31.2. The quantitative estimate of drug-likeness (QED) is 0.0618. The third-order valence-electron chi connectivity index (χ3n) is 6.03. The van der Waals surface area contributed by atoms with Crippen molar-refractivity contribution in [1.29, 1.82) is 0 Å². The summed E-state index contributed by atoms with van der Waals surface area (Å²) in [6, 6.07) is 0. The number of esters is 1. The Morgan fingerprint density at radius 3 is 1.74 bits per heavy atom. The predicted octanol–water partition coefficient (Wildman–Crippen LogP) is 6.76. The highest BCUT2D eigenvalue weighted by molar-refractivity contribution is 7.40. The number of quaternary nitrogens is 1. The van der Waals surface area contributed by atoms with Crippen molar-refractivity contribution in [3.63, 3.8) is 0 Å². The lowest BCUT2D eigenvalue weighted by Crippen LogP contribution is -2.37. The molecular formula is C27H57NO6P+. The van der Waals surface area contributed by atoms with Crippen molar-refractivity contribution < 1.29 is 32.7 Å². The van der Waals surface area contributed by atoms with Gasteiger partial charge in [0.15, 0.2) is 6.10 Å². The summed E-state index contributed by atoms with van der Waals surface area (Å²) in [7, 11) is 4.15. The van der Waals surface area contributed by atoms with Crippen molar-refractivity contribution in [3.05, 3.63) is 0 Å². The van der Waals surface area contributed by atoms with Gasteiger partial charge in [-0.15, -0.1) is 0 Å². The van der Waals surface area contributed by atoms with E-state index < -0.39 is 20.7 Å². The Labute approximate surface area is 217 Å². The van der Waals surface area contributed by atoms with Crippen LogP contribution in [0, 0.1) is 0 Å². The molecule has 0 fully saturated rings. The SMILES string of the molecule is CCCCCCCCCCCCCCCCOC(C)C(COP(O)OCC[N+](C)(C)C)OC(C)=O. The minimum atomic E-state index is -2.01. The van der Waals surface area contributed by atoms with Crippen LogP contribution in [0.3, 0.4) is 0 Å². The maximum absolute atomic E-state index is 11.5. The van der Waals surface area contributed by atoms with Crippen molar-refractivity contribution in [2.45, 2.75) is 123 Å². The van der Waals surface area contributed by atoms with E-state index in [9.17, 15) is 9.69 Å². The first-order valence-corrected chi connectivity index (χ1v) is 15.1. The van der Waals surface area contributed by atoms with Crippen LogP contribution in [0.5, 0.6) is 0 Å². The third kappa shape index (κ3) is 25.1. The lowest BCUT2D eigenvalue weighted by molar-refractivity contribution is -0.870. The van der Waals surface area contributed by atoms with Crippen LogP contribution in [0.4, 0.5) is 0 Å². The number of hydrogen-bond acceptors (Lipinski definition) is 6. The molecule has 0 spiro atoms. The molecule has 1 N–H and O–H groups in total. The lowest BCUT2D eigenvalue weighted by Gasteiger charge is -2.25. The second-order valence-electron chi connectivity index (χ2n) is 10.7. The highest BCUT2D eigenvalue weighted by Gasteiger charge is 2.24. The molecule has 8 heteroatoms. The van der Waals surface area contributed by atoms with Gasteiger partial charge in [-0.1, -0.05) is 90.4 Å². The Bertz CT molecular complexity index is 489. The topological polar surface area (TPSA) is 74.2 Å². The molecule has 0 aromatic carbocycles. The molecule has 0 heterocycles. The highest BCUT2D eigenvalue weighted by Crippen LogP contribution is 2.33. The van der Waals surface area contributed by atoms with Gasteiger partial charge < -0.3 is 27.9 Å². The van der Waals surface area contributed by atoms with Gasteiger partial charge in [0, 0.05) is 13.5 Å². The largest absolute Gasteiger partial charge is 0.457 e. The zero-order valence-electron chi connectivity index (χ0n) is 23.8. The molecule has 0 saturated carbocycles. The maximum Gasteiger partial charge on any atom is 0.330 e. The van der Waals surface area contributed by atoms with E-state index >= 15 is 0 Å². The Morgan fingerprint density at radius 2 is 1.29 bits per heavy atom. The van der Waals surface area contributed by atoms with Gasteiger partial charge in [-0.3, -0.25) is 4.79 Å². The van der Waals surface area contributed by atoms with Gasteiger partial charge in [0.05, 0.1) is 33.9 Å². The van der Waals surface area contributed by atoms with Gasteiger partial charge >= 0.3 is 14.6 Å². The van der Waals surface area contributed by atoms with E-state index in [1.54, 1.807) is 0 Å². The Kier molecular flexibility index (Phi) is 22.7. The predicted molar refractivity (Wildman–Crippen MR) is 145 cm³/mol. The van der Waals surface area contributed by atoms with E-state index in [1.807, 2.05) is 6.92 Å². The van der Waals surface area contributed by atoms with Gasteiger partial charge in [0.25, 0.3) is 0 Å². The minimum absolute atomic E-state index is 0.0477. The molecule has 0 rings (SSSR count). The van der Waals surface area contributed by atoms with E-state index in [1.165, 1.54) is 84.0 Å². The van der Waals surface area contributed by atoms with Crippen molar-refractivity contribution >= 4 is 14.6 Å². The van der Waals surface area contributed by atoms with Gasteiger partial charge in [0.2, 0.25) is 0 Å². The average Bonchev–Trinajstić information content (AvgIpc) is 2.78. The Hall–Kier alpha value is -0.300. The number of rotatable bonds is 25. The smallest absolute Gasteiger partial charge is 0.330 e. The summed E-state index contributed by atoms with van der Waals surface area (Å²) in [5, 5.41) is 0. The first-order valence-electron chi connectivity index (χ1n) is 14.0. The molecule has 0 aliphatic rings. The number of carbonyl (C=O) groups excluding carboxylic acids is 1. The summed E-state index contributed by atoms with van der Waals surface area (Å²) in [5.41, 5.74) is 0. The number of carbonyl (C=O) groups is 1. The molecule has 0 radical (unpaired) electrons. The van der Waals surface area contributed by atoms with Crippen molar-refractivity contribution in [1.82, 2.24) is 0 Å². The molecule has 0 aromatic rings. The molecule has 0 aromatic heterocycles. The van der Waals surface area contributed by atoms with Gasteiger partial charge in [0.1, 0.15) is 13.2 Å². The summed E-state index contributed by atoms with van der Waals surface area (Å²) < 4.78 is 22.7. The van der Waals surface area contributed by atoms with Crippen LogP contribution >= 0.6 is 8.60 Å². The molecule has 35 heavy (non-hydrogen) atoms. The van der Waals surface area contributed by atoms with Crippen LogP contribution in [0.15, 0.2) is 0 Å². The zero-order valence-corrected chi connectivity index (χ0v) is 24.7. The van der Waals surface area contributed by atoms with Crippen LogP contribution in [0.2, 0.25) is 0 Å². The molecule has 3 unspecified atom stereocenters. The zero-order chi connectivity index (χ0) is 26.4. The first-order chi connectivity index (χ1) is 16.7. The molecule has 0 bridgehead atoms. The third-order valence-corrected chi connectivity index (χ3v) is 6.81. The summed E-state index contributed by atoms with van der Waals surface area (Å²) >= 11 is 0. The Morgan fingerprint density at radius 1 is 0.800 bits per heavy atom. The van der Waals surface area contributed by atoms with E-state index in [0.29, 0.717) is 13.2 Å².